The molecule has 0 saturated carbocycles. The predicted octanol–water partition coefficient (Wildman–Crippen LogP) is 2.44. The van der Waals surface area contributed by atoms with Crippen molar-refractivity contribution >= 4 is 18.1 Å². The smallest absolute Gasteiger partial charge is 0.243 e. The lowest BCUT2D eigenvalue weighted by molar-refractivity contribution is -0.130. The van der Waals surface area contributed by atoms with Gasteiger partial charge in [0, 0.05) is 6.42 Å². The number of carbonyl (C=O) groups is 3. The Bertz CT molecular complexity index is 354. The van der Waals surface area contributed by atoms with Crippen molar-refractivity contribution in [2.24, 2.45) is 11.8 Å². The summed E-state index contributed by atoms with van der Waals surface area (Å²) < 4.78 is 0. The highest BCUT2D eigenvalue weighted by atomic mass is 16.2. The van der Waals surface area contributed by atoms with Crippen molar-refractivity contribution in [2.75, 3.05) is 0 Å². The van der Waals surface area contributed by atoms with Crippen LogP contribution in [0.3, 0.4) is 0 Å². The number of unbranched alkanes of at least 4 members (excludes halogenated alkanes) is 1. The quantitative estimate of drug-likeness (QED) is 0.575. The third-order valence-corrected chi connectivity index (χ3v) is 3.31. The standard InChI is InChI=1S/C17H32N2O3/c1-6-7-8-14(11-20)18-17(22)15(9-12(2)3)19-16(21)10-13(4)5/h11-15H,6-10H2,1-5H3,(H,18,22)(H,19,21)/t14-,15-/m0/s1. The zero-order valence-electron chi connectivity index (χ0n) is 14.6. The van der Waals surface area contributed by atoms with E-state index in [1.54, 1.807) is 0 Å². The summed E-state index contributed by atoms with van der Waals surface area (Å²) in [5, 5.41) is 5.54. The van der Waals surface area contributed by atoms with Crippen molar-refractivity contribution in [1.29, 1.82) is 0 Å². The second-order valence-electron chi connectivity index (χ2n) is 6.74. The zero-order chi connectivity index (χ0) is 17.1. The van der Waals surface area contributed by atoms with Crippen molar-refractivity contribution < 1.29 is 14.4 Å². The first-order chi connectivity index (χ1) is 10.3. The number of hydrogen-bond donors (Lipinski definition) is 2. The SMILES string of the molecule is CCCC[C@@H](C=O)NC(=O)[C@H](CC(C)C)NC(=O)CC(C)C. The number of aldehydes is 1. The molecule has 128 valence electrons. The molecule has 5 heteroatoms. The van der Waals surface area contributed by atoms with Crippen LogP contribution in [-0.4, -0.2) is 30.2 Å². The molecule has 5 nitrogen and oxygen atoms in total. The normalized spacial score (nSPS) is 13.8. The first kappa shape index (κ1) is 20.6. The molecule has 0 aromatic rings. The van der Waals surface area contributed by atoms with Crippen LogP contribution in [0.5, 0.6) is 0 Å². The van der Waals surface area contributed by atoms with Crippen LogP contribution in [0.25, 0.3) is 0 Å². The average Bonchev–Trinajstić information content (AvgIpc) is 2.40. The third-order valence-electron chi connectivity index (χ3n) is 3.31. The van der Waals surface area contributed by atoms with Gasteiger partial charge in [0.15, 0.2) is 0 Å². The lowest BCUT2D eigenvalue weighted by atomic mass is 10.0. The van der Waals surface area contributed by atoms with Gasteiger partial charge in [-0.25, -0.2) is 0 Å². The molecule has 0 aromatic carbocycles. The molecule has 0 rings (SSSR count). The molecular weight excluding hydrogens is 280 g/mol. The molecule has 0 aliphatic carbocycles. The van der Waals surface area contributed by atoms with Gasteiger partial charge in [-0.05, 0) is 24.7 Å². The molecule has 0 heterocycles. The van der Waals surface area contributed by atoms with E-state index in [9.17, 15) is 14.4 Å². The molecule has 0 aliphatic heterocycles. The fourth-order valence-corrected chi connectivity index (χ4v) is 2.21. The van der Waals surface area contributed by atoms with Crippen LogP contribution in [0.1, 0.15) is 66.7 Å². The van der Waals surface area contributed by atoms with Gasteiger partial charge in [-0.3, -0.25) is 9.59 Å². The van der Waals surface area contributed by atoms with Gasteiger partial charge >= 0.3 is 0 Å². The second-order valence-corrected chi connectivity index (χ2v) is 6.74. The number of hydrogen-bond acceptors (Lipinski definition) is 3. The molecule has 22 heavy (non-hydrogen) atoms. The van der Waals surface area contributed by atoms with E-state index in [2.05, 4.69) is 10.6 Å². The van der Waals surface area contributed by atoms with Gasteiger partial charge in [-0.15, -0.1) is 0 Å². The Morgan fingerprint density at radius 2 is 1.68 bits per heavy atom. The van der Waals surface area contributed by atoms with Crippen LogP contribution < -0.4 is 10.6 Å². The topological polar surface area (TPSA) is 75.3 Å². The minimum Gasteiger partial charge on any atom is -0.345 e. The van der Waals surface area contributed by atoms with Gasteiger partial charge in [0.1, 0.15) is 12.3 Å². The fraction of sp³-hybridized carbons (Fsp3) is 0.824. The fourth-order valence-electron chi connectivity index (χ4n) is 2.21. The lowest BCUT2D eigenvalue weighted by Crippen LogP contribution is -2.50. The first-order valence-corrected chi connectivity index (χ1v) is 8.35. The number of rotatable bonds is 11. The summed E-state index contributed by atoms with van der Waals surface area (Å²) in [6.07, 6.45) is 4.23. The maximum Gasteiger partial charge on any atom is 0.243 e. The Hall–Kier alpha value is -1.39. The Kier molecular flexibility index (Phi) is 10.5. The predicted molar refractivity (Wildman–Crippen MR) is 88.4 cm³/mol. The van der Waals surface area contributed by atoms with Gasteiger partial charge in [-0.1, -0.05) is 47.5 Å². The molecule has 0 saturated heterocycles. The van der Waals surface area contributed by atoms with Crippen LogP contribution in [-0.2, 0) is 14.4 Å². The van der Waals surface area contributed by atoms with Gasteiger partial charge in [-0.2, -0.15) is 0 Å². The number of nitrogens with one attached hydrogen (secondary N) is 2. The summed E-state index contributed by atoms with van der Waals surface area (Å²) in [4.78, 5) is 35.3. The highest BCUT2D eigenvalue weighted by Crippen LogP contribution is 2.08. The molecule has 0 aromatic heterocycles. The van der Waals surface area contributed by atoms with Gasteiger partial charge in [0.05, 0.1) is 6.04 Å². The first-order valence-electron chi connectivity index (χ1n) is 8.35. The van der Waals surface area contributed by atoms with Crippen LogP contribution in [0.4, 0.5) is 0 Å². The zero-order valence-corrected chi connectivity index (χ0v) is 14.6. The van der Waals surface area contributed by atoms with E-state index in [1.165, 1.54) is 0 Å². The van der Waals surface area contributed by atoms with Crippen molar-refractivity contribution in [1.82, 2.24) is 10.6 Å². The summed E-state index contributed by atoms with van der Waals surface area (Å²) in [6.45, 7) is 9.97. The summed E-state index contributed by atoms with van der Waals surface area (Å²) in [7, 11) is 0. The third kappa shape index (κ3) is 9.53. The van der Waals surface area contributed by atoms with E-state index in [1.807, 2.05) is 34.6 Å². The maximum absolute atomic E-state index is 12.3. The summed E-state index contributed by atoms with van der Waals surface area (Å²) in [5.41, 5.74) is 0. The largest absolute Gasteiger partial charge is 0.345 e. The molecule has 0 aliphatic rings. The Morgan fingerprint density at radius 3 is 2.14 bits per heavy atom. The Balaban J connectivity index is 4.67. The molecule has 0 bridgehead atoms. The molecule has 2 amide bonds. The minimum atomic E-state index is -0.574. The molecular formula is C17H32N2O3. The molecule has 0 spiro atoms. The van der Waals surface area contributed by atoms with Crippen LogP contribution >= 0.6 is 0 Å². The van der Waals surface area contributed by atoms with E-state index >= 15 is 0 Å². The van der Waals surface area contributed by atoms with E-state index in [-0.39, 0.29) is 23.7 Å². The highest BCUT2D eigenvalue weighted by molar-refractivity contribution is 5.89. The molecule has 0 unspecified atom stereocenters. The van der Waals surface area contributed by atoms with Crippen LogP contribution in [0, 0.1) is 11.8 Å². The molecule has 0 radical (unpaired) electrons. The van der Waals surface area contributed by atoms with Crippen molar-refractivity contribution in [3.8, 4) is 0 Å². The summed E-state index contributed by atoms with van der Waals surface area (Å²) in [5.74, 6) is 0.140. The Morgan fingerprint density at radius 1 is 1.05 bits per heavy atom. The lowest BCUT2D eigenvalue weighted by Gasteiger charge is -2.22. The van der Waals surface area contributed by atoms with Crippen LogP contribution in [0.2, 0.25) is 0 Å². The van der Waals surface area contributed by atoms with E-state index < -0.39 is 12.1 Å². The van der Waals surface area contributed by atoms with Gasteiger partial charge < -0.3 is 15.4 Å². The molecule has 2 atom stereocenters. The van der Waals surface area contributed by atoms with Gasteiger partial charge in [0.2, 0.25) is 11.8 Å². The van der Waals surface area contributed by atoms with E-state index in [0.717, 1.165) is 19.1 Å². The van der Waals surface area contributed by atoms with Crippen molar-refractivity contribution in [3.05, 3.63) is 0 Å². The Labute approximate surface area is 134 Å². The van der Waals surface area contributed by atoms with Crippen LogP contribution in [0.15, 0.2) is 0 Å². The van der Waals surface area contributed by atoms with E-state index in [0.29, 0.717) is 19.3 Å². The van der Waals surface area contributed by atoms with E-state index in [4.69, 9.17) is 0 Å². The average molecular weight is 312 g/mol. The summed E-state index contributed by atoms with van der Waals surface area (Å²) in [6, 6.07) is -1.04. The van der Waals surface area contributed by atoms with Gasteiger partial charge in [0.25, 0.3) is 0 Å². The highest BCUT2D eigenvalue weighted by Gasteiger charge is 2.24. The summed E-state index contributed by atoms with van der Waals surface area (Å²) >= 11 is 0. The second kappa shape index (κ2) is 11.2. The minimum absolute atomic E-state index is 0.119. The maximum atomic E-state index is 12.3. The van der Waals surface area contributed by atoms with Crippen molar-refractivity contribution in [2.45, 2.75) is 78.8 Å². The molecule has 0 fully saturated rings. The number of amides is 2. The molecule has 2 N–H and O–H groups in total. The monoisotopic (exact) mass is 312 g/mol. The number of carbonyl (C=O) groups excluding carboxylic acids is 3. The van der Waals surface area contributed by atoms with Crippen molar-refractivity contribution in [3.63, 3.8) is 0 Å².